The molecule has 0 bridgehead atoms. The van der Waals surface area contributed by atoms with E-state index in [9.17, 15) is 18.0 Å². The lowest BCUT2D eigenvalue weighted by Crippen LogP contribution is -2.08. The highest BCUT2D eigenvalue weighted by atomic mass is 19.4. The van der Waals surface area contributed by atoms with E-state index in [2.05, 4.69) is 10.2 Å². The Hall–Kier alpha value is -2.31. The van der Waals surface area contributed by atoms with Gasteiger partial charge in [-0.15, -0.1) is 0 Å². The van der Waals surface area contributed by atoms with Gasteiger partial charge in [-0.1, -0.05) is 0 Å². The van der Waals surface area contributed by atoms with E-state index in [1.54, 1.807) is 13.8 Å². The van der Waals surface area contributed by atoms with Crippen molar-refractivity contribution in [2.75, 3.05) is 0 Å². The van der Waals surface area contributed by atoms with Crippen LogP contribution in [0.15, 0.2) is 18.2 Å². The molecule has 0 unspecified atom stereocenters. The number of aromatic carboxylic acids is 1. The molecule has 4 nitrogen and oxygen atoms in total. The Bertz CT molecular complexity index is 655. The number of halogens is 3. The van der Waals surface area contributed by atoms with Crippen LogP contribution in [0.3, 0.4) is 0 Å². The van der Waals surface area contributed by atoms with Crippen molar-refractivity contribution in [2.24, 2.45) is 0 Å². The number of hydrogen-bond acceptors (Lipinski definition) is 2. The predicted molar refractivity (Wildman–Crippen MR) is 65.5 cm³/mol. The highest BCUT2D eigenvalue weighted by Crippen LogP contribution is 2.35. The van der Waals surface area contributed by atoms with Crippen molar-refractivity contribution in [1.29, 1.82) is 0 Å². The van der Waals surface area contributed by atoms with Crippen LogP contribution in [-0.4, -0.2) is 21.3 Å². The summed E-state index contributed by atoms with van der Waals surface area (Å²) in [5.41, 5.74) is 0.359. The lowest BCUT2D eigenvalue weighted by Gasteiger charge is -2.11. The first kappa shape index (κ1) is 14.1. The van der Waals surface area contributed by atoms with Gasteiger partial charge in [0, 0.05) is 11.3 Å². The van der Waals surface area contributed by atoms with Gasteiger partial charge in [0.05, 0.1) is 16.8 Å². The summed E-state index contributed by atoms with van der Waals surface area (Å²) in [5.74, 6) is -1.41. The molecule has 0 radical (unpaired) electrons. The predicted octanol–water partition coefficient (Wildman–Crippen LogP) is 3.41. The fourth-order valence-electron chi connectivity index (χ4n) is 2.04. The van der Waals surface area contributed by atoms with Crippen molar-refractivity contribution >= 4 is 5.97 Å². The first-order valence-corrected chi connectivity index (χ1v) is 5.67. The lowest BCUT2D eigenvalue weighted by molar-refractivity contribution is -0.137. The molecule has 106 valence electrons. The Balaban J connectivity index is 2.71. The molecule has 1 aromatic carbocycles. The van der Waals surface area contributed by atoms with Crippen LogP contribution in [-0.2, 0) is 6.18 Å². The maximum Gasteiger partial charge on any atom is 0.416 e. The number of hydrogen-bond donors (Lipinski definition) is 2. The highest BCUT2D eigenvalue weighted by Gasteiger charge is 2.32. The number of carboxylic acids is 1. The number of nitrogens with zero attached hydrogens (tertiary/aromatic N) is 1. The molecule has 0 atom stereocenters. The number of nitrogens with one attached hydrogen (secondary N) is 1. The van der Waals surface area contributed by atoms with Crippen molar-refractivity contribution in [3.8, 4) is 11.1 Å². The average Bonchev–Trinajstić information content (AvgIpc) is 2.67. The van der Waals surface area contributed by atoms with Gasteiger partial charge in [0.15, 0.2) is 0 Å². The van der Waals surface area contributed by atoms with Crippen molar-refractivity contribution < 1.29 is 23.1 Å². The van der Waals surface area contributed by atoms with E-state index in [-0.39, 0.29) is 5.56 Å². The fraction of sp³-hybridized carbons (Fsp3) is 0.231. The first-order chi connectivity index (χ1) is 9.20. The molecular formula is C13H11F3N2O2. The van der Waals surface area contributed by atoms with Crippen LogP contribution in [0, 0.1) is 13.8 Å². The van der Waals surface area contributed by atoms with Crippen LogP contribution in [0.1, 0.15) is 27.3 Å². The topological polar surface area (TPSA) is 66.0 Å². The standard InChI is InChI=1S/C13H11F3N2O2/c1-6-11(7(2)18-17-6)8-3-9(12(19)20)5-10(4-8)13(14,15)16/h3-5H,1-2H3,(H,17,18)(H,19,20). The van der Waals surface area contributed by atoms with Crippen LogP contribution in [0.4, 0.5) is 13.2 Å². The third-order valence-electron chi connectivity index (χ3n) is 2.92. The second-order valence-electron chi connectivity index (χ2n) is 4.41. The molecule has 1 aromatic heterocycles. The number of carboxylic acid groups (broad SMARTS) is 1. The Morgan fingerprint density at radius 2 is 1.90 bits per heavy atom. The SMILES string of the molecule is Cc1n[nH]c(C)c1-c1cc(C(=O)O)cc(C(F)(F)F)c1. The minimum absolute atomic E-state index is 0.181. The Labute approximate surface area is 112 Å². The minimum Gasteiger partial charge on any atom is -0.478 e. The molecule has 2 aromatic rings. The largest absolute Gasteiger partial charge is 0.478 e. The smallest absolute Gasteiger partial charge is 0.416 e. The van der Waals surface area contributed by atoms with Gasteiger partial charge in [-0.05, 0) is 37.6 Å². The van der Waals surface area contributed by atoms with E-state index in [4.69, 9.17) is 5.11 Å². The normalized spacial score (nSPS) is 11.7. The molecular weight excluding hydrogens is 273 g/mol. The molecule has 20 heavy (non-hydrogen) atoms. The maximum absolute atomic E-state index is 12.8. The monoisotopic (exact) mass is 284 g/mol. The Morgan fingerprint density at radius 1 is 1.25 bits per heavy atom. The first-order valence-electron chi connectivity index (χ1n) is 5.67. The molecule has 2 N–H and O–H groups in total. The Kier molecular flexibility index (Phi) is 3.29. The summed E-state index contributed by atoms with van der Waals surface area (Å²) in [6, 6.07) is 2.76. The van der Waals surface area contributed by atoms with Crippen LogP contribution < -0.4 is 0 Å². The average molecular weight is 284 g/mol. The van der Waals surface area contributed by atoms with Crippen LogP contribution in [0.2, 0.25) is 0 Å². The molecule has 0 aliphatic rings. The van der Waals surface area contributed by atoms with Gasteiger partial charge in [0.25, 0.3) is 0 Å². The van der Waals surface area contributed by atoms with E-state index in [0.29, 0.717) is 23.0 Å². The van der Waals surface area contributed by atoms with Gasteiger partial charge in [-0.25, -0.2) is 4.79 Å². The summed E-state index contributed by atoms with van der Waals surface area (Å²) in [6.07, 6.45) is -4.61. The number of aromatic nitrogens is 2. The number of alkyl halides is 3. The van der Waals surface area contributed by atoms with E-state index in [0.717, 1.165) is 6.07 Å². The van der Waals surface area contributed by atoms with Gasteiger partial charge < -0.3 is 5.11 Å². The van der Waals surface area contributed by atoms with Crippen LogP contribution in [0.5, 0.6) is 0 Å². The van der Waals surface area contributed by atoms with E-state index < -0.39 is 23.3 Å². The van der Waals surface area contributed by atoms with Crippen molar-refractivity contribution in [1.82, 2.24) is 10.2 Å². The van der Waals surface area contributed by atoms with Gasteiger partial charge in [0.2, 0.25) is 0 Å². The molecule has 0 fully saturated rings. The zero-order valence-electron chi connectivity index (χ0n) is 10.7. The maximum atomic E-state index is 12.8. The lowest BCUT2D eigenvalue weighted by atomic mass is 9.98. The number of rotatable bonds is 2. The molecule has 0 amide bonds. The van der Waals surface area contributed by atoms with Crippen molar-refractivity contribution in [3.05, 3.63) is 40.7 Å². The van der Waals surface area contributed by atoms with Gasteiger partial charge in [-0.2, -0.15) is 18.3 Å². The van der Waals surface area contributed by atoms with E-state index in [1.807, 2.05) is 0 Å². The molecule has 0 saturated heterocycles. The van der Waals surface area contributed by atoms with Crippen LogP contribution in [0.25, 0.3) is 11.1 Å². The summed E-state index contributed by atoms with van der Waals surface area (Å²) in [6.45, 7) is 3.30. The molecule has 0 aliphatic heterocycles. The zero-order chi connectivity index (χ0) is 15.1. The third-order valence-corrected chi connectivity index (χ3v) is 2.92. The van der Waals surface area contributed by atoms with Gasteiger partial charge in [-0.3, -0.25) is 5.10 Å². The fourth-order valence-corrected chi connectivity index (χ4v) is 2.04. The second kappa shape index (κ2) is 4.66. The molecule has 1 heterocycles. The summed E-state index contributed by atoms with van der Waals surface area (Å²) >= 11 is 0. The summed E-state index contributed by atoms with van der Waals surface area (Å²) in [4.78, 5) is 11.0. The molecule has 2 rings (SSSR count). The summed E-state index contributed by atoms with van der Waals surface area (Å²) in [7, 11) is 0. The summed E-state index contributed by atoms with van der Waals surface area (Å²) < 4.78 is 38.5. The van der Waals surface area contributed by atoms with Crippen LogP contribution >= 0.6 is 0 Å². The molecule has 0 saturated carbocycles. The third kappa shape index (κ3) is 2.52. The second-order valence-corrected chi connectivity index (χ2v) is 4.41. The number of H-pyrrole nitrogens is 1. The Morgan fingerprint density at radius 3 is 2.35 bits per heavy atom. The summed E-state index contributed by atoms with van der Waals surface area (Å²) in [5, 5.41) is 15.5. The zero-order valence-corrected chi connectivity index (χ0v) is 10.7. The molecule has 7 heteroatoms. The number of benzene rings is 1. The van der Waals surface area contributed by atoms with Crippen molar-refractivity contribution in [2.45, 2.75) is 20.0 Å². The van der Waals surface area contributed by atoms with Gasteiger partial charge >= 0.3 is 12.1 Å². The number of aryl methyl sites for hydroxylation is 2. The van der Waals surface area contributed by atoms with E-state index >= 15 is 0 Å². The number of aromatic amines is 1. The quantitative estimate of drug-likeness (QED) is 0.888. The minimum atomic E-state index is -4.61. The van der Waals surface area contributed by atoms with E-state index in [1.165, 1.54) is 6.07 Å². The number of carbonyl (C=O) groups is 1. The molecule has 0 aliphatic carbocycles. The van der Waals surface area contributed by atoms with Crippen molar-refractivity contribution in [3.63, 3.8) is 0 Å². The van der Waals surface area contributed by atoms with Gasteiger partial charge in [0.1, 0.15) is 0 Å². The molecule has 0 spiro atoms. The highest BCUT2D eigenvalue weighted by molar-refractivity contribution is 5.90.